The molecule has 4 nitrogen and oxygen atoms in total. The van der Waals surface area contributed by atoms with E-state index in [1.54, 1.807) is 71.4 Å². The van der Waals surface area contributed by atoms with Crippen LogP contribution >= 0.6 is 11.8 Å². The first-order chi connectivity index (χ1) is 12.6. The van der Waals surface area contributed by atoms with Gasteiger partial charge in [-0.1, -0.05) is 30.3 Å². The molecule has 1 aliphatic heterocycles. The first kappa shape index (κ1) is 16.4. The van der Waals surface area contributed by atoms with Gasteiger partial charge in [0.15, 0.2) is 0 Å². The largest absolute Gasteiger partial charge is 0.314 e. The smallest absolute Gasteiger partial charge is 0.298 e. The van der Waals surface area contributed by atoms with Gasteiger partial charge in [-0.2, -0.15) is 0 Å². The molecule has 1 saturated heterocycles. The van der Waals surface area contributed by atoms with Gasteiger partial charge < -0.3 is 4.57 Å². The van der Waals surface area contributed by atoms with Crippen molar-refractivity contribution in [1.29, 1.82) is 0 Å². The monoisotopic (exact) mass is 364 g/mol. The third-order valence-electron chi connectivity index (χ3n) is 3.98. The van der Waals surface area contributed by atoms with Crippen molar-refractivity contribution in [3.8, 4) is 5.69 Å². The molecule has 1 fully saturated rings. The second-order valence-electron chi connectivity index (χ2n) is 5.61. The minimum atomic E-state index is -0.382. The van der Waals surface area contributed by atoms with E-state index in [1.807, 2.05) is 6.07 Å². The Hall–Kier alpha value is -3.12. The SMILES string of the molecule is O=C1S/C(=C/c2cccn2-c2ccccc2F)C(=O)N1c1ccccc1. The molecular formula is C20H13FN2O2S. The van der Waals surface area contributed by atoms with Crippen LogP contribution in [0.1, 0.15) is 5.69 Å². The topological polar surface area (TPSA) is 42.3 Å². The van der Waals surface area contributed by atoms with Crippen LogP contribution in [-0.2, 0) is 4.79 Å². The normalized spacial score (nSPS) is 15.9. The average Bonchev–Trinajstić information content (AvgIpc) is 3.21. The lowest BCUT2D eigenvalue weighted by molar-refractivity contribution is -0.113. The summed E-state index contributed by atoms with van der Waals surface area (Å²) in [5.41, 5.74) is 1.53. The molecule has 1 aromatic heterocycles. The van der Waals surface area contributed by atoms with Gasteiger partial charge in [0.25, 0.3) is 11.1 Å². The molecule has 6 heteroatoms. The van der Waals surface area contributed by atoms with E-state index in [-0.39, 0.29) is 17.0 Å². The second-order valence-corrected chi connectivity index (χ2v) is 6.60. The first-order valence-corrected chi connectivity index (χ1v) is 8.72. The maximum Gasteiger partial charge on any atom is 0.298 e. The van der Waals surface area contributed by atoms with Gasteiger partial charge in [-0.15, -0.1) is 0 Å². The molecule has 0 N–H and O–H groups in total. The highest BCUT2D eigenvalue weighted by molar-refractivity contribution is 8.19. The van der Waals surface area contributed by atoms with E-state index in [1.165, 1.54) is 6.07 Å². The maximum atomic E-state index is 14.1. The minimum Gasteiger partial charge on any atom is -0.314 e. The predicted octanol–water partition coefficient (Wildman–Crippen LogP) is 4.86. The number of rotatable bonds is 3. The Morgan fingerprint density at radius 1 is 0.885 bits per heavy atom. The summed E-state index contributed by atoms with van der Waals surface area (Å²) < 4.78 is 15.7. The van der Waals surface area contributed by atoms with Gasteiger partial charge >= 0.3 is 0 Å². The van der Waals surface area contributed by atoms with Crippen molar-refractivity contribution in [3.05, 3.63) is 89.3 Å². The van der Waals surface area contributed by atoms with Crippen LogP contribution in [0.25, 0.3) is 11.8 Å². The molecule has 2 amide bonds. The fraction of sp³-hybridized carbons (Fsp3) is 0. The number of halogens is 1. The van der Waals surface area contributed by atoms with Crippen molar-refractivity contribution in [2.75, 3.05) is 4.90 Å². The van der Waals surface area contributed by atoms with Crippen molar-refractivity contribution in [1.82, 2.24) is 4.57 Å². The molecule has 0 aliphatic carbocycles. The van der Waals surface area contributed by atoms with Crippen LogP contribution in [0.4, 0.5) is 14.9 Å². The number of hydrogen-bond acceptors (Lipinski definition) is 3. The fourth-order valence-electron chi connectivity index (χ4n) is 2.78. The Balaban J connectivity index is 1.71. The first-order valence-electron chi connectivity index (χ1n) is 7.90. The van der Waals surface area contributed by atoms with E-state index in [4.69, 9.17) is 0 Å². The van der Waals surface area contributed by atoms with E-state index in [2.05, 4.69) is 0 Å². The fourth-order valence-corrected chi connectivity index (χ4v) is 3.61. The number of carbonyl (C=O) groups is 2. The maximum absolute atomic E-state index is 14.1. The van der Waals surface area contributed by atoms with Crippen LogP contribution in [0.3, 0.4) is 0 Å². The average molecular weight is 364 g/mol. The van der Waals surface area contributed by atoms with Gasteiger partial charge in [0.1, 0.15) is 5.82 Å². The number of thioether (sulfide) groups is 1. The number of imide groups is 1. The van der Waals surface area contributed by atoms with Crippen LogP contribution in [0.5, 0.6) is 0 Å². The standard InChI is InChI=1S/C20H13FN2O2S/c21-16-10-4-5-11-17(16)22-12-6-9-15(22)13-18-19(24)23(20(25)26-18)14-7-2-1-3-8-14/h1-13H/b18-13+. The third kappa shape index (κ3) is 2.84. The molecule has 3 aromatic rings. The highest BCUT2D eigenvalue weighted by Gasteiger charge is 2.36. The molecule has 0 saturated carbocycles. The predicted molar refractivity (Wildman–Crippen MR) is 101 cm³/mol. The zero-order chi connectivity index (χ0) is 18.1. The van der Waals surface area contributed by atoms with Crippen LogP contribution < -0.4 is 4.90 Å². The lowest BCUT2D eigenvalue weighted by Gasteiger charge is -2.11. The molecule has 0 atom stereocenters. The number of nitrogens with zero attached hydrogens (tertiary/aromatic N) is 2. The van der Waals surface area contributed by atoms with Crippen LogP contribution in [0.2, 0.25) is 0 Å². The van der Waals surface area contributed by atoms with Crippen molar-refractivity contribution >= 4 is 34.7 Å². The van der Waals surface area contributed by atoms with Gasteiger partial charge in [0.05, 0.1) is 16.3 Å². The van der Waals surface area contributed by atoms with E-state index < -0.39 is 0 Å². The molecule has 2 aromatic carbocycles. The van der Waals surface area contributed by atoms with Gasteiger partial charge in [0.2, 0.25) is 0 Å². The van der Waals surface area contributed by atoms with E-state index in [9.17, 15) is 14.0 Å². The zero-order valence-electron chi connectivity index (χ0n) is 13.5. The summed E-state index contributed by atoms with van der Waals surface area (Å²) in [4.78, 5) is 26.4. The Kier molecular flexibility index (Phi) is 4.18. The van der Waals surface area contributed by atoms with Crippen LogP contribution in [0.15, 0.2) is 77.8 Å². The zero-order valence-corrected chi connectivity index (χ0v) is 14.3. The number of carbonyl (C=O) groups excluding carboxylic acids is 2. The molecule has 0 bridgehead atoms. The molecule has 1 aliphatic rings. The number of para-hydroxylation sites is 2. The minimum absolute atomic E-state index is 0.301. The lowest BCUT2D eigenvalue weighted by Crippen LogP contribution is -2.27. The molecule has 0 radical (unpaired) electrons. The van der Waals surface area contributed by atoms with Crippen molar-refractivity contribution < 1.29 is 14.0 Å². The van der Waals surface area contributed by atoms with Crippen molar-refractivity contribution in [3.63, 3.8) is 0 Å². The van der Waals surface area contributed by atoms with Crippen molar-refractivity contribution in [2.45, 2.75) is 0 Å². The Bertz CT molecular complexity index is 1030. The van der Waals surface area contributed by atoms with Crippen LogP contribution in [-0.4, -0.2) is 15.7 Å². The van der Waals surface area contributed by atoms with Gasteiger partial charge in [-0.3, -0.25) is 9.59 Å². The number of aromatic nitrogens is 1. The highest BCUT2D eigenvalue weighted by Crippen LogP contribution is 2.35. The summed E-state index contributed by atoms with van der Waals surface area (Å²) >= 11 is 0.874. The Labute approximate surface area is 153 Å². The Morgan fingerprint density at radius 3 is 2.38 bits per heavy atom. The third-order valence-corrected chi connectivity index (χ3v) is 4.85. The van der Waals surface area contributed by atoms with E-state index >= 15 is 0 Å². The molecule has 0 spiro atoms. The van der Waals surface area contributed by atoms with Gasteiger partial charge in [-0.25, -0.2) is 9.29 Å². The molecule has 2 heterocycles. The highest BCUT2D eigenvalue weighted by atomic mass is 32.2. The summed E-state index contributed by atoms with van der Waals surface area (Å²) in [6.45, 7) is 0. The van der Waals surface area contributed by atoms with E-state index in [0.717, 1.165) is 16.7 Å². The van der Waals surface area contributed by atoms with E-state index in [0.29, 0.717) is 22.0 Å². The number of hydrogen-bond donors (Lipinski definition) is 0. The number of anilines is 1. The lowest BCUT2D eigenvalue weighted by atomic mass is 10.2. The quantitative estimate of drug-likeness (QED) is 0.624. The number of amides is 2. The van der Waals surface area contributed by atoms with Crippen molar-refractivity contribution in [2.24, 2.45) is 0 Å². The van der Waals surface area contributed by atoms with Gasteiger partial charge in [0, 0.05) is 11.9 Å². The molecule has 128 valence electrons. The summed E-state index contributed by atoms with van der Waals surface area (Å²) in [6, 6.07) is 18.7. The summed E-state index contributed by atoms with van der Waals surface area (Å²) in [7, 11) is 0. The molecular weight excluding hydrogens is 351 g/mol. The van der Waals surface area contributed by atoms with Crippen LogP contribution in [0, 0.1) is 5.82 Å². The Morgan fingerprint density at radius 2 is 1.62 bits per heavy atom. The molecule has 4 rings (SSSR count). The number of benzene rings is 2. The van der Waals surface area contributed by atoms with Gasteiger partial charge in [-0.05, 0) is 54.2 Å². The second kappa shape index (κ2) is 6.65. The molecule has 26 heavy (non-hydrogen) atoms. The summed E-state index contributed by atoms with van der Waals surface area (Å²) in [6.07, 6.45) is 3.33. The summed E-state index contributed by atoms with van der Waals surface area (Å²) in [5, 5.41) is -0.351. The summed E-state index contributed by atoms with van der Waals surface area (Å²) in [5.74, 6) is -0.747. The molecule has 0 unspecified atom stereocenters.